The molecule has 0 aromatic heterocycles. The molecule has 0 heterocycles. The summed E-state index contributed by atoms with van der Waals surface area (Å²) in [6.45, 7) is 4.92. The Morgan fingerprint density at radius 3 is 2.48 bits per heavy atom. The number of nitrogens with zero attached hydrogens (tertiary/aromatic N) is 1. The van der Waals surface area contributed by atoms with Gasteiger partial charge in [0.15, 0.2) is 15.8 Å². The summed E-state index contributed by atoms with van der Waals surface area (Å²) in [5.74, 6) is 0.927. The third-order valence-electron chi connectivity index (χ3n) is 3.01. The number of nitrogens with one attached hydrogen (secondary N) is 2. The molecule has 0 saturated heterocycles. The maximum absolute atomic E-state index is 11.4. The summed E-state index contributed by atoms with van der Waals surface area (Å²) >= 11 is 1.79. The van der Waals surface area contributed by atoms with E-state index in [2.05, 4.69) is 34.7 Å². The van der Waals surface area contributed by atoms with Crippen molar-refractivity contribution in [1.29, 1.82) is 0 Å². The normalized spacial score (nSPS) is 13.1. The first-order valence-corrected chi connectivity index (χ1v) is 10.0. The van der Waals surface area contributed by atoms with Gasteiger partial charge in [0.2, 0.25) is 0 Å². The molecule has 0 spiro atoms. The average molecular weight is 471 g/mol. The van der Waals surface area contributed by atoms with Crippen LogP contribution in [0.1, 0.15) is 13.8 Å². The molecule has 2 N–H and O–H groups in total. The maximum atomic E-state index is 11.4. The quantitative estimate of drug-likeness (QED) is 0.264. The zero-order valence-corrected chi connectivity index (χ0v) is 17.7. The van der Waals surface area contributed by atoms with Gasteiger partial charge < -0.3 is 10.6 Å². The van der Waals surface area contributed by atoms with Crippen molar-refractivity contribution in [3.63, 3.8) is 0 Å². The Hall–Kier alpha value is -0.480. The predicted molar refractivity (Wildman–Crippen MR) is 111 cm³/mol. The van der Waals surface area contributed by atoms with Gasteiger partial charge in [0.1, 0.15) is 0 Å². The van der Waals surface area contributed by atoms with Crippen molar-refractivity contribution in [3.8, 4) is 0 Å². The highest BCUT2D eigenvalue weighted by molar-refractivity contribution is 14.0. The van der Waals surface area contributed by atoms with Crippen LogP contribution in [0.25, 0.3) is 0 Å². The molecular formula is C15H26IN3O2S2. The van der Waals surface area contributed by atoms with E-state index >= 15 is 0 Å². The van der Waals surface area contributed by atoms with E-state index in [1.54, 1.807) is 25.7 Å². The van der Waals surface area contributed by atoms with Gasteiger partial charge >= 0.3 is 0 Å². The molecule has 132 valence electrons. The highest BCUT2D eigenvalue weighted by Gasteiger charge is 2.08. The molecule has 0 bridgehead atoms. The van der Waals surface area contributed by atoms with Gasteiger partial charge in [-0.1, -0.05) is 32.0 Å². The maximum Gasteiger partial charge on any atom is 0.191 e. The van der Waals surface area contributed by atoms with E-state index in [9.17, 15) is 8.42 Å². The Kier molecular flexibility index (Phi) is 11.7. The van der Waals surface area contributed by atoms with E-state index in [0.717, 1.165) is 6.54 Å². The standard InChI is InChI=1S/C15H25N3O2S2.HI/c1-4-22(19,20)11-10-17-15(16-3)18-12-13(2)21-14-8-6-5-7-9-14;/h5-9,13H,4,10-12H2,1-3H3,(H2,16,17,18);1H. The Balaban J connectivity index is 0.00000484. The van der Waals surface area contributed by atoms with Gasteiger partial charge in [-0.2, -0.15) is 0 Å². The van der Waals surface area contributed by atoms with Gasteiger partial charge in [0.25, 0.3) is 0 Å². The minimum atomic E-state index is -2.94. The summed E-state index contributed by atoms with van der Waals surface area (Å²) in [7, 11) is -1.27. The van der Waals surface area contributed by atoms with Crippen LogP contribution >= 0.6 is 35.7 Å². The number of hydrogen-bond donors (Lipinski definition) is 2. The Labute approximate surface area is 161 Å². The minimum absolute atomic E-state index is 0. The van der Waals surface area contributed by atoms with E-state index in [1.807, 2.05) is 18.2 Å². The van der Waals surface area contributed by atoms with Crippen molar-refractivity contribution in [3.05, 3.63) is 30.3 Å². The van der Waals surface area contributed by atoms with E-state index in [0.29, 0.717) is 17.8 Å². The van der Waals surface area contributed by atoms with Crippen LogP contribution in [0.15, 0.2) is 40.2 Å². The molecule has 0 radical (unpaired) electrons. The van der Waals surface area contributed by atoms with Crippen LogP contribution < -0.4 is 10.6 Å². The second-order valence-corrected chi connectivity index (χ2v) is 8.84. The number of thioether (sulfide) groups is 1. The van der Waals surface area contributed by atoms with E-state index in [1.165, 1.54) is 4.90 Å². The Bertz CT molecular complexity index is 565. The molecule has 23 heavy (non-hydrogen) atoms. The first kappa shape index (κ1) is 22.5. The lowest BCUT2D eigenvalue weighted by Crippen LogP contribution is -2.41. The van der Waals surface area contributed by atoms with Gasteiger partial charge in [0.05, 0.1) is 5.75 Å². The monoisotopic (exact) mass is 471 g/mol. The van der Waals surface area contributed by atoms with Crippen LogP contribution in [0.3, 0.4) is 0 Å². The second kappa shape index (κ2) is 12.0. The molecule has 1 atom stereocenters. The third kappa shape index (κ3) is 10.1. The van der Waals surface area contributed by atoms with E-state index < -0.39 is 9.84 Å². The fraction of sp³-hybridized carbons (Fsp3) is 0.533. The SMILES string of the molecule is CCS(=O)(=O)CCNC(=NC)NCC(C)Sc1ccccc1.I. The Morgan fingerprint density at radius 2 is 1.91 bits per heavy atom. The number of guanidine groups is 1. The summed E-state index contributed by atoms with van der Waals surface area (Å²) in [6, 6.07) is 10.2. The van der Waals surface area contributed by atoms with Gasteiger partial charge in [-0.05, 0) is 12.1 Å². The topological polar surface area (TPSA) is 70.6 Å². The lowest BCUT2D eigenvalue weighted by atomic mass is 10.4. The van der Waals surface area contributed by atoms with Crippen LogP contribution in [0.2, 0.25) is 0 Å². The zero-order chi connectivity index (χ0) is 16.4. The van der Waals surface area contributed by atoms with E-state index in [4.69, 9.17) is 0 Å². The number of aliphatic imine (C=N–C) groups is 1. The molecule has 0 fully saturated rings. The lowest BCUT2D eigenvalue weighted by molar-refractivity contribution is 0.595. The lowest BCUT2D eigenvalue weighted by Gasteiger charge is -2.15. The van der Waals surface area contributed by atoms with Crippen LogP contribution in [0, 0.1) is 0 Å². The molecule has 0 aliphatic heterocycles. The first-order valence-electron chi connectivity index (χ1n) is 7.33. The van der Waals surface area contributed by atoms with Crippen molar-refractivity contribution in [2.45, 2.75) is 24.0 Å². The number of rotatable bonds is 8. The zero-order valence-electron chi connectivity index (χ0n) is 13.8. The Morgan fingerprint density at radius 1 is 1.26 bits per heavy atom. The third-order valence-corrected chi connectivity index (χ3v) is 5.83. The van der Waals surface area contributed by atoms with Crippen LogP contribution in [0.4, 0.5) is 0 Å². The smallest absolute Gasteiger partial charge is 0.191 e. The number of hydrogen-bond acceptors (Lipinski definition) is 4. The molecule has 1 aromatic carbocycles. The number of benzene rings is 1. The van der Waals surface area contributed by atoms with Crippen molar-refractivity contribution in [2.75, 3.05) is 31.6 Å². The first-order chi connectivity index (χ1) is 10.5. The molecule has 8 heteroatoms. The summed E-state index contributed by atoms with van der Waals surface area (Å²) in [6.07, 6.45) is 0. The van der Waals surface area contributed by atoms with Crippen molar-refractivity contribution in [1.82, 2.24) is 10.6 Å². The molecule has 5 nitrogen and oxygen atoms in total. The number of sulfone groups is 1. The summed E-state index contributed by atoms with van der Waals surface area (Å²) < 4.78 is 22.9. The molecule has 0 amide bonds. The summed E-state index contributed by atoms with van der Waals surface area (Å²) in [5.41, 5.74) is 0. The van der Waals surface area contributed by atoms with Crippen LogP contribution in [-0.4, -0.2) is 51.3 Å². The predicted octanol–water partition coefficient (Wildman–Crippen LogP) is 2.38. The van der Waals surface area contributed by atoms with Crippen molar-refractivity contribution in [2.24, 2.45) is 4.99 Å². The molecule has 1 rings (SSSR count). The van der Waals surface area contributed by atoms with E-state index in [-0.39, 0.29) is 35.5 Å². The fourth-order valence-electron chi connectivity index (χ4n) is 1.70. The highest BCUT2D eigenvalue weighted by atomic mass is 127. The molecule has 0 aliphatic rings. The van der Waals surface area contributed by atoms with Gasteiger partial charge in [-0.3, -0.25) is 4.99 Å². The molecule has 1 aromatic rings. The van der Waals surface area contributed by atoms with Crippen LogP contribution in [-0.2, 0) is 9.84 Å². The van der Waals surface area contributed by atoms with Crippen molar-refractivity contribution < 1.29 is 8.42 Å². The largest absolute Gasteiger partial charge is 0.355 e. The average Bonchev–Trinajstić information content (AvgIpc) is 2.51. The second-order valence-electron chi connectivity index (χ2n) is 4.86. The highest BCUT2D eigenvalue weighted by Crippen LogP contribution is 2.21. The van der Waals surface area contributed by atoms with Gasteiger partial charge in [-0.25, -0.2) is 8.42 Å². The summed E-state index contributed by atoms with van der Waals surface area (Å²) in [4.78, 5) is 5.33. The minimum Gasteiger partial charge on any atom is -0.355 e. The van der Waals surface area contributed by atoms with Gasteiger partial charge in [0, 0.05) is 36.0 Å². The van der Waals surface area contributed by atoms with Crippen molar-refractivity contribution >= 4 is 51.5 Å². The van der Waals surface area contributed by atoms with Gasteiger partial charge in [-0.15, -0.1) is 35.7 Å². The number of halogens is 1. The molecule has 0 aliphatic carbocycles. The molecule has 0 saturated carbocycles. The fourth-order valence-corrected chi connectivity index (χ4v) is 3.35. The molecular weight excluding hydrogens is 445 g/mol. The molecule has 1 unspecified atom stereocenters. The summed E-state index contributed by atoms with van der Waals surface area (Å²) in [5, 5.41) is 6.62. The van der Waals surface area contributed by atoms with Crippen LogP contribution in [0.5, 0.6) is 0 Å².